The fourth-order valence-electron chi connectivity index (χ4n) is 2.38. The molecular formula is C19H18N2O6. The van der Waals surface area contributed by atoms with Gasteiger partial charge in [0, 0.05) is 5.56 Å². The van der Waals surface area contributed by atoms with E-state index >= 15 is 0 Å². The second-order valence-electron chi connectivity index (χ2n) is 5.75. The fraction of sp³-hybridized carbons (Fsp3) is 0.211. The van der Waals surface area contributed by atoms with E-state index in [0.29, 0.717) is 28.5 Å². The van der Waals surface area contributed by atoms with Crippen molar-refractivity contribution in [3.8, 4) is 17.2 Å². The zero-order valence-corrected chi connectivity index (χ0v) is 14.5. The Morgan fingerprint density at radius 3 is 2.78 bits per heavy atom. The Morgan fingerprint density at radius 2 is 2.00 bits per heavy atom. The van der Waals surface area contributed by atoms with Crippen LogP contribution in [-0.4, -0.2) is 42.0 Å². The maximum atomic E-state index is 12.3. The average molecular weight is 370 g/mol. The third kappa shape index (κ3) is 4.75. The molecule has 0 fully saturated rings. The molecule has 27 heavy (non-hydrogen) atoms. The highest BCUT2D eigenvalue weighted by molar-refractivity contribution is 5.99. The zero-order valence-electron chi connectivity index (χ0n) is 14.5. The quantitative estimate of drug-likeness (QED) is 0.594. The normalized spacial score (nSPS) is 15.7. The monoisotopic (exact) mass is 370 g/mol. The summed E-state index contributed by atoms with van der Waals surface area (Å²) in [6.45, 7) is 1.37. The number of hydrogen-bond donors (Lipinski definition) is 2. The number of nitrogens with one attached hydrogen (secondary N) is 1. The van der Waals surface area contributed by atoms with Crippen molar-refractivity contribution >= 4 is 17.6 Å². The first-order valence-corrected chi connectivity index (χ1v) is 8.20. The second-order valence-corrected chi connectivity index (χ2v) is 5.75. The van der Waals surface area contributed by atoms with E-state index in [4.69, 9.17) is 19.3 Å². The Balaban J connectivity index is 1.61. The van der Waals surface area contributed by atoms with Crippen LogP contribution in [0.1, 0.15) is 12.5 Å². The minimum absolute atomic E-state index is 0.0932. The van der Waals surface area contributed by atoms with Crippen LogP contribution < -0.4 is 19.6 Å². The summed E-state index contributed by atoms with van der Waals surface area (Å²) < 4.78 is 16.3. The first-order chi connectivity index (χ1) is 13.0. The summed E-state index contributed by atoms with van der Waals surface area (Å²) in [5.41, 5.74) is 3.67. The first kappa shape index (κ1) is 18.2. The molecule has 0 aromatic heterocycles. The van der Waals surface area contributed by atoms with E-state index in [9.17, 15) is 9.59 Å². The Hall–Kier alpha value is -3.55. The lowest BCUT2D eigenvalue weighted by atomic mass is 10.1. The number of hydrazone groups is 1. The number of rotatable bonds is 6. The molecule has 0 aliphatic carbocycles. The number of ether oxygens (including phenoxy) is 3. The molecule has 1 amide bonds. The number of carbonyl (C=O) groups is 2. The van der Waals surface area contributed by atoms with Gasteiger partial charge >= 0.3 is 5.97 Å². The molecule has 1 aliphatic rings. The van der Waals surface area contributed by atoms with Gasteiger partial charge < -0.3 is 19.3 Å². The molecule has 1 atom stereocenters. The Kier molecular flexibility index (Phi) is 5.55. The van der Waals surface area contributed by atoms with Gasteiger partial charge in [0.2, 0.25) is 6.10 Å². The highest BCUT2D eigenvalue weighted by atomic mass is 16.6. The number of nitrogens with zero attached hydrogens (tertiary/aromatic N) is 1. The van der Waals surface area contributed by atoms with E-state index in [1.165, 1.54) is 0 Å². The highest BCUT2D eigenvalue weighted by Crippen LogP contribution is 2.30. The van der Waals surface area contributed by atoms with Crippen LogP contribution in [-0.2, 0) is 9.59 Å². The molecule has 2 N–H and O–H groups in total. The Morgan fingerprint density at radius 1 is 1.22 bits per heavy atom. The maximum Gasteiger partial charge on any atom is 0.341 e. The van der Waals surface area contributed by atoms with Gasteiger partial charge in [0.05, 0.1) is 5.71 Å². The van der Waals surface area contributed by atoms with Gasteiger partial charge in [-0.2, -0.15) is 5.10 Å². The van der Waals surface area contributed by atoms with Crippen molar-refractivity contribution in [1.29, 1.82) is 0 Å². The molecule has 0 unspecified atom stereocenters. The average Bonchev–Trinajstić information content (AvgIpc) is 2.70. The molecule has 0 bridgehead atoms. The molecule has 2 aromatic rings. The van der Waals surface area contributed by atoms with Crippen molar-refractivity contribution in [3.63, 3.8) is 0 Å². The lowest BCUT2D eigenvalue weighted by Crippen LogP contribution is -2.42. The van der Waals surface area contributed by atoms with E-state index < -0.39 is 24.6 Å². The molecule has 8 nitrogen and oxygen atoms in total. The number of fused-ring (bicyclic) bond motifs is 1. The number of carboxylic acids is 1. The largest absolute Gasteiger partial charge is 0.485 e. The number of para-hydroxylation sites is 2. The smallest absolute Gasteiger partial charge is 0.341 e. The van der Waals surface area contributed by atoms with Crippen molar-refractivity contribution in [2.45, 2.75) is 13.0 Å². The van der Waals surface area contributed by atoms with Crippen LogP contribution in [0.25, 0.3) is 0 Å². The van der Waals surface area contributed by atoms with Gasteiger partial charge in [-0.3, -0.25) is 4.79 Å². The van der Waals surface area contributed by atoms with Gasteiger partial charge in [-0.25, -0.2) is 10.2 Å². The number of benzene rings is 2. The molecule has 8 heteroatoms. The van der Waals surface area contributed by atoms with E-state index in [2.05, 4.69) is 10.5 Å². The predicted molar refractivity (Wildman–Crippen MR) is 96.3 cm³/mol. The summed E-state index contributed by atoms with van der Waals surface area (Å²) in [5, 5.41) is 12.7. The van der Waals surface area contributed by atoms with Crippen molar-refractivity contribution in [3.05, 3.63) is 54.1 Å². The van der Waals surface area contributed by atoms with Crippen LogP contribution in [0.15, 0.2) is 53.6 Å². The number of aliphatic carboxylic acids is 1. The van der Waals surface area contributed by atoms with Crippen LogP contribution in [0.5, 0.6) is 17.2 Å². The number of hydrogen-bond acceptors (Lipinski definition) is 6. The Labute approximate surface area is 155 Å². The summed E-state index contributed by atoms with van der Waals surface area (Å²) in [4.78, 5) is 22.9. The zero-order chi connectivity index (χ0) is 19.2. The van der Waals surface area contributed by atoms with Crippen LogP contribution in [0, 0.1) is 0 Å². The number of amides is 1. The van der Waals surface area contributed by atoms with Crippen molar-refractivity contribution in [1.82, 2.24) is 5.43 Å². The van der Waals surface area contributed by atoms with Crippen molar-refractivity contribution in [2.75, 3.05) is 13.2 Å². The fourth-order valence-corrected chi connectivity index (χ4v) is 2.38. The number of carboxylic acid groups (broad SMARTS) is 1. The summed E-state index contributed by atoms with van der Waals surface area (Å²) in [7, 11) is 0. The molecular weight excluding hydrogens is 352 g/mol. The van der Waals surface area contributed by atoms with Crippen LogP contribution in [0.4, 0.5) is 0 Å². The van der Waals surface area contributed by atoms with Gasteiger partial charge in [-0.1, -0.05) is 24.3 Å². The summed E-state index contributed by atoms with van der Waals surface area (Å²) in [6.07, 6.45) is -0.804. The van der Waals surface area contributed by atoms with E-state index in [0.717, 1.165) is 0 Å². The van der Waals surface area contributed by atoms with Crippen molar-refractivity contribution in [2.24, 2.45) is 5.10 Å². The molecule has 2 aromatic carbocycles. The molecule has 0 radical (unpaired) electrons. The highest BCUT2D eigenvalue weighted by Gasteiger charge is 2.27. The van der Waals surface area contributed by atoms with E-state index in [1.54, 1.807) is 49.4 Å². The van der Waals surface area contributed by atoms with Gasteiger partial charge in [0.15, 0.2) is 18.1 Å². The predicted octanol–water partition coefficient (Wildman–Crippen LogP) is 1.83. The summed E-state index contributed by atoms with van der Waals surface area (Å²) >= 11 is 0. The molecule has 3 rings (SSSR count). The van der Waals surface area contributed by atoms with Gasteiger partial charge in [-0.15, -0.1) is 0 Å². The Bertz CT molecular complexity index is 880. The van der Waals surface area contributed by atoms with Gasteiger partial charge in [0.1, 0.15) is 12.4 Å². The lowest BCUT2D eigenvalue weighted by molar-refractivity contribution is -0.139. The molecule has 0 saturated heterocycles. The van der Waals surface area contributed by atoms with E-state index in [1.807, 2.05) is 6.07 Å². The topological polar surface area (TPSA) is 106 Å². The molecule has 0 spiro atoms. The summed E-state index contributed by atoms with van der Waals surface area (Å²) in [5.74, 6) is 0.0140. The van der Waals surface area contributed by atoms with Crippen molar-refractivity contribution < 1.29 is 28.9 Å². The third-order valence-corrected chi connectivity index (χ3v) is 3.75. The summed E-state index contributed by atoms with van der Waals surface area (Å²) in [6, 6.07) is 13.9. The minimum atomic E-state index is -1.06. The van der Waals surface area contributed by atoms with Gasteiger partial charge in [-0.05, 0) is 31.2 Å². The van der Waals surface area contributed by atoms with Crippen LogP contribution in [0.3, 0.4) is 0 Å². The standard InChI is InChI=1S/C19H18N2O6/c1-12(13-5-4-6-14(9-13)25-11-18(22)23)20-21-19(24)17-10-26-15-7-2-3-8-16(15)27-17/h2-9,17H,10-11H2,1H3,(H,21,24)(H,22,23)/b20-12-/t17-/m0/s1. The molecule has 0 saturated carbocycles. The number of carbonyl (C=O) groups excluding carboxylic acids is 1. The molecule has 1 heterocycles. The maximum absolute atomic E-state index is 12.3. The SMILES string of the molecule is C/C(=N/NC(=O)[C@@H]1COc2ccccc2O1)c1cccc(OCC(=O)O)c1. The van der Waals surface area contributed by atoms with Gasteiger partial charge in [0.25, 0.3) is 5.91 Å². The lowest BCUT2D eigenvalue weighted by Gasteiger charge is -2.24. The third-order valence-electron chi connectivity index (χ3n) is 3.75. The second kappa shape index (κ2) is 8.22. The van der Waals surface area contributed by atoms with Crippen LogP contribution in [0.2, 0.25) is 0 Å². The molecule has 1 aliphatic heterocycles. The minimum Gasteiger partial charge on any atom is -0.485 e. The van der Waals surface area contributed by atoms with E-state index in [-0.39, 0.29) is 6.61 Å². The van der Waals surface area contributed by atoms with Crippen LogP contribution >= 0.6 is 0 Å². The first-order valence-electron chi connectivity index (χ1n) is 8.20. The molecule has 140 valence electrons.